The summed E-state index contributed by atoms with van der Waals surface area (Å²) in [6.07, 6.45) is 7.72. The maximum atomic E-state index is 14.5. The maximum Gasteiger partial charge on any atom is 0.315 e. The van der Waals surface area contributed by atoms with Crippen molar-refractivity contribution in [2.45, 2.75) is 160 Å². The molecule has 0 aromatic carbocycles. The molecule has 14 heteroatoms. The lowest BCUT2D eigenvalue weighted by molar-refractivity contribution is -0.145. The third-order valence-corrected chi connectivity index (χ3v) is 14.7. The molecule has 1 heterocycles. The van der Waals surface area contributed by atoms with E-state index in [4.69, 9.17) is 0 Å². The maximum absolute atomic E-state index is 14.5. The molecule has 13 nitrogen and oxygen atoms in total. The second-order valence-electron chi connectivity index (χ2n) is 17.4. The van der Waals surface area contributed by atoms with Crippen LogP contribution in [0.25, 0.3) is 0 Å². The smallest absolute Gasteiger partial charge is 0.315 e. The zero-order valence-corrected chi connectivity index (χ0v) is 32.1. The molecule has 5 amide bonds. The number of piperidine rings is 1. The first-order valence-corrected chi connectivity index (χ1v) is 20.3. The van der Waals surface area contributed by atoms with Gasteiger partial charge in [-0.3, -0.25) is 19.2 Å². The summed E-state index contributed by atoms with van der Waals surface area (Å²) < 4.78 is 28.9. The van der Waals surface area contributed by atoms with Crippen LogP contribution in [0.2, 0.25) is 0 Å². The molecule has 0 bridgehead atoms. The van der Waals surface area contributed by atoms with Gasteiger partial charge >= 0.3 is 6.03 Å². The molecule has 4 N–H and O–H groups in total. The van der Waals surface area contributed by atoms with Crippen molar-refractivity contribution < 1.29 is 32.4 Å². The second-order valence-corrected chi connectivity index (χ2v) is 19.7. The number of carbonyl (C=O) groups excluding carboxylic acids is 5. The van der Waals surface area contributed by atoms with Gasteiger partial charge in [0.2, 0.25) is 27.6 Å². The fourth-order valence-electron chi connectivity index (χ4n) is 8.47. The summed E-state index contributed by atoms with van der Waals surface area (Å²) in [6, 6.07) is -3.52. The van der Waals surface area contributed by atoms with Crippen molar-refractivity contribution in [1.82, 2.24) is 30.5 Å². The first-order chi connectivity index (χ1) is 23.3. The van der Waals surface area contributed by atoms with E-state index in [1.54, 1.807) is 14.0 Å². The summed E-state index contributed by atoms with van der Waals surface area (Å²) >= 11 is 0. The molecule has 1 saturated heterocycles. The Labute approximate surface area is 298 Å². The summed E-state index contributed by atoms with van der Waals surface area (Å²) in [5.74, 6) is -2.34. The lowest BCUT2D eigenvalue weighted by Gasteiger charge is -2.44. The molecule has 4 aliphatic carbocycles. The SMILES string of the molecule is CCC[C@H](NC(=O)[C@@H]1[C@@H]2[C@H](CN1C(=O)[C@@H](NC(=O)NC1([C@H](C)S(=O)(=O)N(C)C3CC3)CCCCC1)C(C)(C)C)C2(C)C)C(=O)C(=O)NC1CC1. The minimum atomic E-state index is -3.70. The Bertz CT molecular complexity index is 1460. The third kappa shape index (κ3) is 7.71. The molecule has 5 rings (SSSR count). The van der Waals surface area contributed by atoms with Gasteiger partial charge in [0.1, 0.15) is 12.1 Å². The number of rotatable bonds is 14. The minimum Gasteiger partial charge on any atom is -0.347 e. The highest BCUT2D eigenvalue weighted by Crippen LogP contribution is 2.65. The van der Waals surface area contributed by atoms with Gasteiger partial charge in [0, 0.05) is 25.7 Å². The van der Waals surface area contributed by atoms with E-state index in [0.29, 0.717) is 32.2 Å². The van der Waals surface area contributed by atoms with Gasteiger partial charge in [-0.2, -0.15) is 0 Å². The number of hydrogen-bond donors (Lipinski definition) is 4. The quantitative estimate of drug-likeness (QED) is 0.200. The molecule has 0 spiro atoms. The molecule has 1 aliphatic heterocycles. The number of urea groups is 1. The topological polar surface area (TPSA) is 174 Å². The van der Waals surface area contributed by atoms with E-state index in [9.17, 15) is 32.4 Å². The normalized spacial score (nSPS) is 27.4. The van der Waals surface area contributed by atoms with Crippen LogP contribution >= 0.6 is 0 Å². The molecule has 5 fully saturated rings. The molecule has 0 aromatic rings. The van der Waals surface area contributed by atoms with Crippen LogP contribution in [-0.4, -0.2) is 102 Å². The third-order valence-electron chi connectivity index (χ3n) is 12.3. The van der Waals surface area contributed by atoms with Crippen molar-refractivity contribution in [1.29, 1.82) is 0 Å². The van der Waals surface area contributed by atoms with Crippen molar-refractivity contribution in [3.05, 3.63) is 0 Å². The Morgan fingerprint density at radius 3 is 2.12 bits per heavy atom. The number of hydrogen-bond acceptors (Lipinski definition) is 7. The minimum absolute atomic E-state index is 0.00290. The zero-order valence-electron chi connectivity index (χ0n) is 31.3. The summed E-state index contributed by atoms with van der Waals surface area (Å²) in [4.78, 5) is 69.8. The Morgan fingerprint density at radius 2 is 1.58 bits per heavy atom. The highest BCUT2D eigenvalue weighted by atomic mass is 32.2. The van der Waals surface area contributed by atoms with Crippen molar-refractivity contribution >= 4 is 39.6 Å². The van der Waals surface area contributed by atoms with Gasteiger partial charge in [-0.25, -0.2) is 17.5 Å². The van der Waals surface area contributed by atoms with Gasteiger partial charge in [0.25, 0.3) is 5.91 Å². The van der Waals surface area contributed by atoms with Crippen LogP contribution in [0.4, 0.5) is 4.79 Å². The number of nitrogens with zero attached hydrogens (tertiary/aromatic N) is 2. The number of amides is 5. The zero-order chi connectivity index (χ0) is 37.0. The molecule has 50 heavy (non-hydrogen) atoms. The van der Waals surface area contributed by atoms with Crippen molar-refractivity contribution in [2.24, 2.45) is 22.7 Å². The molecule has 5 aliphatic rings. The lowest BCUT2D eigenvalue weighted by Crippen LogP contribution is -2.66. The molecular weight excluding hydrogens is 660 g/mol. The predicted molar refractivity (Wildman–Crippen MR) is 189 cm³/mol. The molecule has 0 aromatic heterocycles. The van der Waals surface area contributed by atoms with Crippen LogP contribution in [0, 0.1) is 22.7 Å². The summed E-state index contributed by atoms with van der Waals surface area (Å²) in [5, 5.41) is 10.7. The first-order valence-electron chi connectivity index (χ1n) is 18.8. The lowest BCUT2D eigenvalue weighted by atomic mass is 9.79. The van der Waals surface area contributed by atoms with Gasteiger partial charge in [-0.05, 0) is 74.5 Å². The predicted octanol–water partition coefficient (Wildman–Crippen LogP) is 2.83. The standard InChI is InChI=1S/C36H60N6O7S/c1-9-13-25(28(43)31(45)37-22-14-15-22)38-30(44)27-26-24(35(26,6)7)20-42(27)32(46)29(34(3,4)5)39-33(47)40-36(18-11-10-12-19-36)21(2)50(48,49)41(8)23-16-17-23/h21-27,29H,9-20H2,1-8H3,(H,37,45)(H,38,44)(H2,39,40,47)/t21-,24-,25-,26-,27-,29+/m0/s1. The van der Waals surface area contributed by atoms with E-state index in [-0.39, 0.29) is 29.3 Å². The number of carbonyl (C=O) groups is 5. The Morgan fingerprint density at radius 1 is 0.960 bits per heavy atom. The Balaban J connectivity index is 1.34. The number of likely N-dealkylation sites (tertiary alicyclic amines) is 1. The molecular formula is C36H60N6O7S. The van der Waals surface area contributed by atoms with Crippen LogP contribution in [-0.2, 0) is 29.2 Å². The number of Topliss-reactive ketones (excluding diaryl/α,β-unsaturated/α-hetero) is 1. The second kappa shape index (κ2) is 14.0. The van der Waals surface area contributed by atoms with E-state index >= 15 is 0 Å². The number of nitrogens with one attached hydrogen (secondary N) is 4. The summed E-state index contributed by atoms with van der Waals surface area (Å²) in [7, 11) is -2.08. The number of ketones is 1. The Kier molecular flexibility index (Phi) is 10.8. The first kappa shape index (κ1) is 38.5. The van der Waals surface area contributed by atoms with Crippen molar-refractivity contribution in [3.8, 4) is 0 Å². The molecule has 0 unspecified atom stereocenters. The van der Waals surface area contributed by atoms with Crippen LogP contribution in [0.15, 0.2) is 0 Å². The van der Waals surface area contributed by atoms with Crippen LogP contribution in [0.3, 0.4) is 0 Å². The molecule has 6 atom stereocenters. The van der Waals surface area contributed by atoms with Crippen LogP contribution in [0.1, 0.15) is 119 Å². The monoisotopic (exact) mass is 720 g/mol. The molecule has 4 saturated carbocycles. The van der Waals surface area contributed by atoms with Crippen molar-refractivity contribution in [3.63, 3.8) is 0 Å². The van der Waals surface area contributed by atoms with Gasteiger partial charge in [0.15, 0.2) is 0 Å². The summed E-state index contributed by atoms with van der Waals surface area (Å²) in [5.41, 5.74) is -1.95. The number of fused-ring (bicyclic) bond motifs is 1. The highest BCUT2D eigenvalue weighted by molar-refractivity contribution is 7.89. The fraction of sp³-hybridized carbons (Fsp3) is 0.861. The van der Waals surface area contributed by atoms with E-state index in [1.165, 1.54) is 9.21 Å². The number of sulfonamides is 1. The molecule has 0 radical (unpaired) electrons. The van der Waals surface area contributed by atoms with Gasteiger partial charge in [0.05, 0.1) is 16.8 Å². The largest absolute Gasteiger partial charge is 0.347 e. The highest BCUT2D eigenvalue weighted by Gasteiger charge is 2.70. The van der Waals surface area contributed by atoms with Crippen molar-refractivity contribution in [2.75, 3.05) is 13.6 Å². The van der Waals surface area contributed by atoms with E-state index < -0.39 is 73.9 Å². The average Bonchev–Trinajstić information content (AvgIpc) is 4.00. The fourth-order valence-corrected chi connectivity index (χ4v) is 10.5. The Hall–Kier alpha value is -2.74. The van der Waals surface area contributed by atoms with E-state index in [1.807, 2.05) is 27.7 Å². The van der Waals surface area contributed by atoms with Gasteiger partial charge < -0.3 is 26.2 Å². The van der Waals surface area contributed by atoms with Gasteiger partial charge in [-0.1, -0.05) is 67.2 Å². The van der Waals surface area contributed by atoms with Crippen LogP contribution < -0.4 is 21.3 Å². The van der Waals surface area contributed by atoms with E-state index in [0.717, 1.165) is 44.9 Å². The van der Waals surface area contributed by atoms with Crippen LogP contribution in [0.5, 0.6) is 0 Å². The average molecular weight is 721 g/mol. The molecule has 282 valence electrons. The van der Waals surface area contributed by atoms with E-state index in [2.05, 4.69) is 35.1 Å². The van der Waals surface area contributed by atoms with Gasteiger partial charge in [-0.15, -0.1) is 0 Å². The summed E-state index contributed by atoms with van der Waals surface area (Å²) in [6.45, 7) is 13.5.